The van der Waals surface area contributed by atoms with Gasteiger partial charge in [0.15, 0.2) is 0 Å². The summed E-state index contributed by atoms with van der Waals surface area (Å²) in [5, 5.41) is 2.43. The summed E-state index contributed by atoms with van der Waals surface area (Å²) in [6.07, 6.45) is 7.43. The van der Waals surface area contributed by atoms with Gasteiger partial charge in [-0.2, -0.15) is 0 Å². The molecule has 0 saturated heterocycles. The Morgan fingerprint density at radius 3 is 1.40 bits per heavy atom. The first kappa shape index (κ1) is 40.1. The first-order valence-corrected chi connectivity index (χ1v) is 23.3. The Morgan fingerprint density at radius 1 is 0.358 bits per heavy atom. The molecule has 2 heteroatoms. The van der Waals surface area contributed by atoms with Gasteiger partial charge in [-0.1, -0.05) is 218 Å². The van der Waals surface area contributed by atoms with Gasteiger partial charge in [0.25, 0.3) is 0 Å². The van der Waals surface area contributed by atoms with Crippen molar-refractivity contribution in [3.63, 3.8) is 0 Å². The summed E-state index contributed by atoms with van der Waals surface area (Å²) >= 11 is 0. The summed E-state index contributed by atoms with van der Waals surface area (Å²) < 4.78 is 0. The number of nitrogens with zero attached hydrogens (tertiary/aromatic N) is 2. The quantitative estimate of drug-likeness (QED) is 0.135. The summed E-state index contributed by atoms with van der Waals surface area (Å²) in [6.45, 7) is 0. The molecule has 2 aliphatic rings. The first-order valence-electron chi connectivity index (χ1n) is 23.3. The van der Waals surface area contributed by atoms with Crippen LogP contribution in [0.5, 0.6) is 0 Å². The number of hydrogen-bond donors (Lipinski definition) is 0. The molecule has 0 N–H and O–H groups in total. The van der Waals surface area contributed by atoms with Crippen LogP contribution in [-0.2, 0) is 5.41 Å². The lowest BCUT2D eigenvalue weighted by Gasteiger charge is -2.40. The van der Waals surface area contributed by atoms with E-state index in [2.05, 4.69) is 289 Å². The normalized spacial score (nSPS) is 15.6. The molecule has 2 unspecified atom stereocenters. The maximum Gasteiger partial charge on any atom is 0.0540 e. The second kappa shape index (κ2) is 17.2. The van der Waals surface area contributed by atoms with Crippen LogP contribution in [0.3, 0.4) is 0 Å². The van der Waals surface area contributed by atoms with Crippen molar-refractivity contribution in [3.8, 4) is 22.3 Å². The number of para-hydroxylation sites is 1. The van der Waals surface area contributed by atoms with Crippen molar-refractivity contribution in [1.29, 1.82) is 0 Å². The van der Waals surface area contributed by atoms with Crippen molar-refractivity contribution < 1.29 is 0 Å². The highest BCUT2D eigenvalue weighted by Gasteiger charge is 2.54. The monoisotopic (exact) mass is 856 g/mol. The van der Waals surface area contributed by atoms with Gasteiger partial charge in [0.1, 0.15) is 0 Å². The predicted molar refractivity (Wildman–Crippen MR) is 281 cm³/mol. The maximum atomic E-state index is 2.58. The largest absolute Gasteiger partial charge is 0.311 e. The molecule has 2 atom stereocenters. The Hall–Kier alpha value is -8.46. The van der Waals surface area contributed by atoms with Crippen molar-refractivity contribution in [2.24, 2.45) is 5.92 Å². The topological polar surface area (TPSA) is 6.48 Å². The number of allylic oxidation sites excluding steroid dienone is 3. The van der Waals surface area contributed by atoms with E-state index in [-0.39, 0.29) is 11.8 Å². The summed E-state index contributed by atoms with van der Waals surface area (Å²) in [7, 11) is 0. The fraction of sp³-hybridized carbons (Fsp3) is 0.0462. The van der Waals surface area contributed by atoms with E-state index in [0.717, 1.165) is 34.1 Å². The van der Waals surface area contributed by atoms with E-state index in [0.29, 0.717) is 0 Å². The summed E-state index contributed by atoms with van der Waals surface area (Å²) in [5.74, 6) is 0.165. The van der Waals surface area contributed by atoms with Crippen LogP contribution in [0.1, 0.15) is 28.2 Å². The van der Waals surface area contributed by atoms with Gasteiger partial charge in [-0.15, -0.1) is 0 Å². The molecule has 0 amide bonds. The second-order valence-corrected chi connectivity index (χ2v) is 17.6. The molecule has 0 fully saturated rings. The van der Waals surface area contributed by atoms with Gasteiger partial charge in [-0.05, 0) is 111 Å². The zero-order valence-electron chi connectivity index (χ0n) is 37.1. The van der Waals surface area contributed by atoms with Crippen molar-refractivity contribution in [3.05, 3.63) is 307 Å². The summed E-state index contributed by atoms with van der Waals surface area (Å²) in [4.78, 5) is 4.89. The Bertz CT molecular complexity index is 3250. The first-order chi connectivity index (χ1) is 33.2. The Morgan fingerprint density at radius 2 is 0.821 bits per heavy atom. The number of rotatable bonds is 10. The molecule has 10 aromatic carbocycles. The number of anilines is 5. The van der Waals surface area contributed by atoms with E-state index in [9.17, 15) is 0 Å². The van der Waals surface area contributed by atoms with Gasteiger partial charge in [0.2, 0.25) is 0 Å². The minimum Gasteiger partial charge on any atom is -0.311 e. The smallest absolute Gasteiger partial charge is 0.0540 e. The lowest BCUT2D eigenvalue weighted by molar-refractivity contribution is 0.454. The molecule has 318 valence electrons. The molecular weight excluding hydrogens is 809 g/mol. The van der Waals surface area contributed by atoms with E-state index in [1.54, 1.807) is 0 Å². The van der Waals surface area contributed by atoms with Crippen LogP contribution in [0.4, 0.5) is 28.4 Å². The van der Waals surface area contributed by atoms with Gasteiger partial charge in [0.05, 0.1) is 11.1 Å². The van der Waals surface area contributed by atoms with E-state index in [4.69, 9.17) is 0 Å². The highest BCUT2D eigenvalue weighted by atomic mass is 15.2. The molecule has 0 radical (unpaired) electrons. The predicted octanol–water partition coefficient (Wildman–Crippen LogP) is 17.0. The average molecular weight is 857 g/mol. The fourth-order valence-electron chi connectivity index (χ4n) is 11.0. The highest BCUT2D eigenvalue weighted by Crippen LogP contribution is 2.61. The van der Waals surface area contributed by atoms with E-state index in [1.165, 1.54) is 55.3 Å². The van der Waals surface area contributed by atoms with Gasteiger partial charge in [0, 0.05) is 45.7 Å². The van der Waals surface area contributed by atoms with Crippen LogP contribution < -0.4 is 9.80 Å². The standard InChI is InChI=1S/C65H48N2/c1-6-19-47(20-7-1)49-33-37-55(38-34-49)66(56-39-35-50(36-40-56)48-21-8-2-9-22-48)57-41-43-60-61-44-42-58(67(54-29-14-5-15-30-54)64-32-18-24-51-23-16-17-31-59(51)64)46-63(61)65(62(60)45-57,52-25-10-3-11-26-52)53-27-12-4-13-28-53/h1-46,60,62H. The molecule has 2 nitrogen and oxygen atoms in total. The van der Waals surface area contributed by atoms with Crippen LogP contribution >= 0.6 is 0 Å². The van der Waals surface area contributed by atoms with Gasteiger partial charge < -0.3 is 9.80 Å². The van der Waals surface area contributed by atoms with Gasteiger partial charge >= 0.3 is 0 Å². The minimum atomic E-state index is -0.532. The van der Waals surface area contributed by atoms with Crippen molar-refractivity contribution in [2.45, 2.75) is 11.3 Å². The molecule has 0 aromatic heterocycles. The number of hydrogen-bond acceptors (Lipinski definition) is 2. The molecule has 0 aliphatic heterocycles. The number of fused-ring (bicyclic) bond motifs is 4. The fourth-order valence-corrected chi connectivity index (χ4v) is 11.0. The third kappa shape index (κ3) is 7.06. The summed E-state index contributed by atoms with van der Waals surface area (Å²) in [5.41, 5.74) is 16.3. The Labute approximate surface area is 393 Å². The van der Waals surface area contributed by atoms with E-state index < -0.39 is 5.41 Å². The molecule has 10 aromatic rings. The van der Waals surface area contributed by atoms with Gasteiger partial charge in [-0.3, -0.25) is 0 Å². The average Bonchev–Trinajstić information content (AvgIpc) is 3.70. The van der Waals surface area contributed by atoms with Crippen LogP contribution in [0, 0.1) is 5.92 Å². The van der Waals surface area contributed by atoms with Crippen LogP contribution in [-0.4, -0.2) is 0 Å². The van der Waals surface area contributed by atoms with Crippen LogP contribution in [0.15, 0.2) is 285 Å². The Balaban J connectivity index is 1.06. The third-order valence-electron chi connectivity index (χ3n) is 14.0. The van der Waals surface area contributed by atoms with Crippen molar-refractivity contribution in [2.75, 3.05) is 9.80 Å². The van der Waals surface area contributed by atoms with Crippen LogP contribution in [0.2, 0.25) is 0 Å². The van der Waals surface area contributed by atoms with Crippen molar-refractivity contribution in [1.82, 2.24) is 0 Å². The molecule has 0 heterocycles. The lowest BCUT2D eigenvalue weighted by Crippen LogP contribution is -2.36. The molecule has 67 heavy (non-hydrogen) atoms. The van der Waals surface area contributed by atoms with Gasteiger partial charge in [-0.25, -0.2) is 0 Å². The Kier molecular flexibility index (Phi) is 10.3. The zero-order valence-corrected chi connectivity index (χ0v) is 37.1. The molecule has 2 aliphatic carbocycles. The van der Waals surface area contributed by atoms with E-state index >= 15 is 0 Å². The molecule has 0 saturated carbocycles. The third-order valence-corrected chi connectivity index (χ3v) is 14.0. The van der Waals surface area contributed by atoms with Crippen LogP contribution in [0.25, 0.3) is 33.0 Å². The zero-order chi connectivity index (χ0) is 44.6. The molecule has 12 rings (SSSR count). The van der Waals surface area contributed by atoms with Crippen molar-refractivity contribution >= 4 is 39.2 Å². The maximum absolute atomic E-state index is 2.58. The minimum absolute atomic E-state index is 0.0416. The molecule has 0 spiro atoms. The lowest BCUT2D eigenvalue weighted by atomic mass is 9.63. The molecular formula is C65H48N2. The highest BCUT2D eigenvalue weighted by molar-refractivity contribution is 5.99. The summed E-state index contributed by atoms with van der Waals surface area (Å²) in [6, 6.07) is 95.4. The van der Waals surface area contributed by atoms with E-state index in [1.807, 2.05) is 0 Å². The molecule has 0 bridgehead atoms. The number of benzene rings is 10. The second-order valence-electron chi connectivity index (χ2n) is 17.6. The SMILES string of the molecule is C1=CC2c3ccc(N(c4ccccc4)c4cccc5ccccc45)cc3C(c3ccccc3)(c3ccccc3)C2C=C1N(c1ccc(-c2ccccc2)cc1)c1ccc(-c2ccccc2)cc1.